The predicted molar refractivity (Wildman–Crippen MR) is 73.8 cm³/mol. The topological polar surface area (TPSA) is 41.9 Å². The Hall–Kier alpha value is -1.78. The third kappa shape index (κ3) is 2.50. The molecule has 0 saturated carbocycles. The number of fused-ring (bicyclic) bond motifs is 1. The van der Waals surface area contributed by atoms with Gasteiger partial charge in [0.05, 0.1) is 10.8 Å². The van der Waals surface area contributed by atoms with E-state index in [1.807, 2.05) is 13.8 Å². The van der Waals surface area contributed by atoms with Gasteiger partial charge in [0.2, 0.25) is 0 Å². The molecule has 1 aromatic rings. The molecular weight excluding hydrogens is 267 g/mol. The maximum absolute atomic E-state index is 13.7. The summed E-state index contributed by atoms with van der Waals surface area (Å²) in [6, 6.07) is 2.69. The molecule has 1 heterocycles. The summed E-state index contributed by atoms with van der Waals surface area (Å²) in [7, 11) is 0. The molecule has 100 valence electrons. The van der Waals surface area contributed by atoms with Gasteiger partial charge in [0.1, 0.15) is 11.4 Å². The number of hydrogen-bond donors (Lipinski definition) is 0. The minimum absolute atomic E-state index is 0.00456. The van der Waals surface area contributed by atoms with E-state index in [4.69, 9.17) is 4.74 Å². The van der Waals surface area contributed by atoms with Crippen LogP contribution >= 0.6 is 12.2 Å². The summed E-state index contributed by atoms with van der Waals surface area (Å²) in [5, 5.41) is 2.12. The lowest BCUT2D eigenvalue weighted by molar-refractivity contribution is -0.121. The number of thiocarbonyl (C=S) groups is 1. The summed E-state index contributed by atoms with van der Waals surface area (Å²) >= 11 is 4.48. The van der Waals surface area contributed by atoms with Crippen molar-refractivity contribution >= 4 is 34.7 Å². The maximum atomic E-state index is 13.7. The van der Waals surface area contributed by atoms with Crippen molar-refractivity contribution < 1.29 is 13.9 Å². The molecule has 1 aliphatic rings. The largest absolute Gasteiger partial charge is 0.481 e. The van der Waals surface area contributed by atoms with Crippen molar-refractivity contribution in [2.24, 2.45) is 4.99 Å². The molecule has 0 spiro atoms. The van der Waals surface area contributed by atoms with Gasteiger partial charge in [-0.25, -0.2) is 4.39 Å². The van der Waals surface area contributed by atoms with Crippen molar-refractivity contribution in [3.8, 4) is 5.75 Å². The fourth-order valence-electron chi connectivity index (χ4n) is 1.98. The molecular formula is C13H13FN2O2S. The second-order valence-electron chi connectivity index (χ2n) is 4.28. The highest BCUT2D eigenvalue weighted by molar-refractivity contribution is 7.78. The first-order valence-corrected chi connectivity index (χ1v) is 6.35. The average molecular weight is 280 g/mol. The van der Waals surface area contributed by atoms with Gasteiger partial charge in [0, 0.05) is 12.1 Å². The van der Waals surface area contributed by atoms with Crippen LogP contribution in [-0.4, -0.2) is 23.7 Å². The Kier molecular flexibility index (Phi) is 3.93. The van der Waals surface area contributed by atoms with Crippen molar-refractivity contribution in [1.29, 1.82) is 0 Å². The van der Waals surface area contributed by atoms with Gasteiger partial charge in [0.25, 0.3) is 5.91 Å². The second-order valence-corrected chi connectivity index (χ2v) is 4.47. The molecule has 0 fully saturated rings. The number of rotatable bonds is 3. The number of ether oxygens (including phenoxy) is 1. The molecule has 0 saturated heterocycles. The molecule has 1 amide bonds. The summed E-state index contributed by atoms with van der Waals surface area (Å²) < 4.78 is 19.0. The molecule has 6 heteroatoms. The van der Waals surface area contributed by atoms with E-state index in [2.05, 4.69) is 22.4 Å². The van der Waals surface area contributed by atoms with Crippen molar-refractivity contribution in [1.82, 2.24) is 0 Å². The van der Waals surface area contributed by atoms with Crippen LogP contribution in [0, 0.1) is 5.82 Å². The molecule has 0 bridgehead atoms. The third-order valence-electron chi connectivity index (χ3n) is 3.11. The van der Waals surface area contributed by atoms with Crippen molar-refractivity contribution in [2.45, 2.75) is 26.3 Å². The Morgan fingerprint density at radius 2 is 2.37 bits per heavy atom. The Morgan fingerprint density at radius 3 is 3.00 bits per heavy atom. The van der Waals surface area contributed by atoms with Crippen LogP contribution < -0.4 is 9.64 Å². The monoisotopic (exact) mass is 280 g/mol. The predicted octanol–water partition coefficient (Wildman–Crippen LogP) is 3.08. The van der Waals surface area contributed by atoms with Crippen molar-refractivity contribution in [3.63, 3.8) is 0 Å². The fraction of sp³-hybridized carbons (Fsp3) is 0.385. The molecule has 2 rings (SSSR count). The smallest absolute Gasteiger partial charge is 0.265 e. The lowest BCUT2D eigenvalue weighted by atomic mass is 10.1. The van der Waals surface area contributed by atoms with Crippen molar-refractivity contribution in [3.05, 3.63) is 17.9 Å². The summed E-state index contributed by atoms with van der Waals surface area (Å²) in [4.78, 5) is 17.2. The number of anilines is 1. The molecule has 1 atom stereocenters. The minimum Gasteiger partial charge on any atom is -0.481 e. The lowest BCUT2D eigenvalue weighted by Gasteiger charge is -2.33. The zero-order valence-electron chi connectivity index (χ0n) is 10.6. The zero-order chi connectivity index (χ0) is 14.0. The van der Waals surface area contributed by atoms with Crippen LogP contribution in [0.25, 0.3) is 0 Å². The van der Waals surface area contributed by atoms with Crippen LogP contribution in [0.15, 0.2) is 17.1 Å². The Labute approximate surface area is 115 Å². The quantitative estimate of drug-likeness (QED) is 0.631. The highest BCUT2D eigenvalue weighted by Gasteiger charge is 2.30. The van der Waals surface area contributed by atoms with E-state index in [1.54, 1.807) is 4.90 Å². The molecule has 0 radical (unpaired) electrons. The van der Waals surface area contributed by atoms with E-state index in [0.29, 0.717) is 11.4 Å². The minimum atomic E-state index is -0.547. The Morgan fingerprint density at radius 1 is 1.63 bits per heavy atom. The summed E-state index contributed by atoms with van der Waals surface area (Å²) in [6.07, 6.45) is 0.786. The van der Waals surface area contributed by atoms with Crippen molar-refractivity contribution in [2.75, 3.05) is 11.5 Å². The number of hydrogen-bond acceptors (Lipinski definition) is 4. The molecule has 1 aromatic carbocycles. The van der Waals surface area contributed by atoms with Crippen LogP contribution in [0.2, 0.25) is 0 Å². The van der Waals surface area contributed by atoms with Gasteiger partial charge in [-0.1, -0.05) is 6.92 Å². The fourth-order valence-corrected chi connectivity index (χ4v) is 2.08. The summed E-state index contributed by atoms with van der Waals surface area (Å²) in [5.41, 5.74) is 0.580. The van der Waals surface area contributed by atoms with Crippen LogP contribution in [0.5, 0.6) is 5.75 Å². The van der Waals surface area contributed by atoms with Gasteiger partial charge in [-0.15, -0.1) is 0 Å². The number of carbonyl (C=O) groups excluding carboxylic acids is 1. The van der Waals surface area contributed by atoms with Crippen LogP contribution in [0.4, 0.5) is 15.8 Å². The Balaban J connectivity index is 2.56. The average Bonchev–Trinajstić information content (AvgIpc) is 2.40. The number of amides is 1. The van der Waals surface area contributed by atoms with E-state index >= 15 is 0 Å². The zero-order valence-corrected chi connectivity index (χ0v) is 11.5. The van der Waals surface area contributed by atoms with Gasteiger partial charge in [-0.2, -0.15) is 4.99 Å². The summed E-state index contributed by atoms with van der Waals surface area (Å²) in [5.74, 6) is -0.346. The number of nitrogens with zero attached hydrogens (tertiary/aromatic N) is 2. The van der Waals surface area contributed by atoms with E-state index in [9.17, 15) is 9.18 Å². The third-order valence-corrected chi connectivity index (χ3v) is 3.20. The molecule has 4 nitrogen and oxygen atoms in total. The van der Waals surface area contributed by atoms with Gasteiger partial charge in [0.15, 0.2) is 12.4 Å². The van der Waals surface area contributed by atoms with E-state index < -0.39 is 5.82 Å². The van der Waals surface area contributed by atoms with E-state index in [0.717, 1.165) is 6.42 Å². The molecule has 0 aliphatic carbocycles. The summed E-state index contributed by atoms with van der Waals surface area (Å²) in [6.45, 7) is 3.83. The number of benzene rings is 1. The first-order chi connectivity index (χ1) is 9.08. The van der Waals surface area contributed by atoms with Crippen LogP contribution in [-0.2, 0) is 4.79 Å². The van der Waals surface area contributed by atoms with Gasteiger partial charge < -0.3 is 9.64 Å². The normalized spacial score (nSPS) is 15.3. The Bertz CT molecular complexity index is 570. The number of aliphatic imine (C=N–C) groups is 1. The SMILES string of the molecule is CCC(C)N1C(=O)COc2cc(F)c(N=C=S)cc21. The van der Waals surface area contributed by atoms with Gasteiger partial charge >= 0.3 is 0 Å². The van der Waals surface area contributed by atoms with Gasteiger partial charge in [-0.05, 0) is 31.6 Å². The molecule has 1 unspecified atom stereocenters. The highest BCUT2D eigenvalue weighted by atomic mass is 32.1. The van der Waals surface area contributed by atoms with Gasteiger partial charge in [-0.3, -0.25) is 4.79 Å². The van der Waals surface area contributed by atoms with Crippen LogP contribution in [0.3, 0.4) is 0 Å². The van der Waals surface area contributed by atoms with E-state index in [-0.39, 0.29) is 24.2 Å². The molecule has 0 N–H and O–H groups in total. The number of isothiocyanates is 1. The first-order valence-electron chi connectivity index (χ1n) is 5.94. The number of halogens is 1. The standard InChI is InChI=1S/C13H13FN2O2S/c1-3-8(2)16-11-5-10(15-7-19)9(14)4-12(11)18-6-13(16)17/h4-5,8H,3,6H2,1-2H3. The highest BCUT2D eigenvalue weighted by Crippen LogP contribution is 2.38. The molecule has 0 aromatic heterocycles. The maximum Gasteiger partial charge on any atom is 0.265 e. The second kappa shape index (κ2) is 5.47. The van der Waals surface area contributed by atoms with Crippen LogP contribution in [0.1, 0.15) is 20.3 Å². The lowest BCUT2D eigenvalue weighted by Crippen LogP contribution is -2.44. The molecule has 1 aliphatic heterocycles. The van der Waals surface area contributed by atoms with E-state index in [1.165, 1.54) is 12.1 Å². The first kappa shape index (κ1) is 13.6. The molecule has 19 heavy (non-hydrogen) atoms. The number of carbonyl (C=O) groups is 1.